The first-order valence-electron chi connectivity index (χ1n) is 9.61. The number of amides is 3. The monoisotopic (exact) mass is 434 g/mol. The lowest BCUT2D eigenvalue weighted by atomic mass is 9.99. The number of halogens is 1. The topological polar surface area (TPSA) is 96.7 Å². The number of thiophene rings is 1. The van der Waals surface area contributed by atoms with E-state index in [0.29, 0.717) is 27.3 Å². The summed E-state index contributed by atoms with van der Waals surface area (Å²) in [7, 11) is 0. The molecule has 2 aliphatic heterocycles. The van der Waals surface area contributed by atoms with E-state index >= 15 is 0 Å². The van der Waals surface area contributed by atoms with E-state index in [1.54, 1.807) is 24.3 Å². The van der Waals surface area contributed by atoms with Crippen molar-refractivity contribution < 1.29 is 14.3 Å². The summed E-state index contributed by atoms with van der Waals surface area (Å²) in [4.78, 5) is 28.1. The summed E-state index contributed by atoms with van der Waals surface area (Å²) in [5.41, 5.74) is 7.67. The molecule has 1 aromatic carbocycles. The minimum absolute atomic E-state index is 0.422. The summed E-state index contributed by atoms with van der Waals surface area (Å²) in [5, 5.41) is 6.64. The number of nitrogens with two attached hydrogens (primary N) is 1. The Morgan fingerprint density at radius 2 is 1.90 bits per heavy atom. The number of primary amides is 1. The summed E-state index contributed by atoms with van der Waals surface area (Å²) < 4.78 is 5.47. The third-order valence-corrected chi connectivity index (χ3v) is 6.75. The second-order valence-corrected chi connectivity index (χ2v) is 8.76. The van der Waals surface area contributed by atoms with Crippen LogP contribution in [-0.4, -0.2) is 42.6 Å². The quantitative estimate of drug-likeness (QED) is 0.683. The highest BCUT2D eigenvalue weighted by molar-refractivity contribution is 7.17. The zero-order chi connectivity index (χ0) is 20.4. The highest BCUT2D eigenvalue weighted by Crippen LogP contribution is 2.38. The molecule has 1 aromatic heterocycles. The largest absolute Gasteiger partial charge is 0.381 e. The van der Waals surface area contributed by atoms with Gasteiger partial charge in [0.25, 0.3) is 5.91 Å². The Labute approximate surface area is 178 Å². The lowest BCUT2D eigenvalue weighted by molar-refractivity contribution is 0.0295. The van der Waals surface area contributed by atoms with E-state index < -0.39 is 11.9 Å². The van der Waals surface area contributed by atoms with E-state index in [2.05, 4.69) is 15.5 Å². The summed E-state index contributed by atoms with van der Waals surface area (Å²) in [6.45, 7) is 3.24. The molecule has 3 amide bonds. The summed E-state index contributed by atoms with van der Waals surface area (Å²) in [5.74, 6) is -0.510. The Morgan fingerprint density at radius 1 is 1.17 bits per heavy atom. The Hall–Kier alpha value is -2.13. The van der Waals surface area contributed by atoms with E-state index in [4.69, 9.17) is 22.1 Å². The van der Waals surface area contributed by atoms with Gasteiger partial charge in [-0.15, -0.1) is 11.3 Å². The molecule has 0 spiro atoms. The average molecular weight is 435 g/mol. The minimum atomic E-state index is -0.510. The first-order chi connectivity index (χ1) is 14.0. The van der Waals surface area contributed by atoms with Crippen molar-refractivity contribution in [3.05, 3.63) is 45.3 Å². The molecular formula is C20H23ClN4O3S. The number of hydrogen-bond acceptors (Lipinski definition) is 5. The molecule has 0 radical (unpaired) electrons. The molecule has 0 unspecified atom stereocenters. The van der Waals surface area contributed by atoms with Gasteiger partial charge in [0, 0.05) is 47.9 Å². The maximum Gasteiger partial charge on any atom is 0.324 e. The fourth-order valence-electron chi connectivity index (χ4n) is 3.93. The second-order valence-electron chi connectivity index (χ2n) is 7.22. The van der Waals surface area contributed by atoms with Crippen LogP contribution in [0.15, 0.2) is 24.3 Å². The Balaban J connectivity index is 1.50. The zero-order valence-corrected chi connectivity index (χ0v) is 17.4. The number of nitrogens with one attached hydrogen (secondary N) is 2. The maximum atomic E-state index is 12.4. The molecule has 7 nitrogen and oxygen atoms in total. The molecule has 2 aliphatic rings. The number of carbonyl (C=O) groups is 2. The van der Waals surface area contributed by atoms with Gasteiger partial charge in [-0.25, -0.2) is 4.79 Å². The van der Waals surface area contributed by atoms with Crippen LogP contribution in [0.5, 0.6) is 0 Å². The van der Waals surface area contributed by atoms with Gasteiger partial charge in [0.2, 0.25) is 0 Å². The molecular weight excluding hydrogens is 412 g/mol. The highest BCUT2D eigenvalue weighted by Gasteiger charge is 2.31. The molecule has 1 saturated heterocycles. The van der Waals surface area contributed by atoms with Gasteiger partial charge in [-0.05, 0) is 49.1 Å². The van der Waals surface area contributed by atoms with Crippen LogP contribution < -0.4 is 16.4 Å². The molecule has 0 saturated carbocycles. The van der Waals surface area contributed by atoms with E-state index in [0.717, 1.165) is 56.0 Å². The maximum absolute atomic E-state index is 12.4. The van der Waals surface area contributed by atoms with Crippen molar-refractivity contribution in [2.75, 3.05) is 30.4 Å². The third kappa shape index (κ3) is 4.56. The van der Waals surface area contributed by atoms with Crippen molar-refractivity contribution in [1.82, 2.24) is 4.90 Å². The SMILES string of the molecule is NC(=O)c1c(NC(=O)Nc2ccc(Cl)cc2)sc2c1CCN(C1CCOCC1)C2. The van der Waals surface area contributed by atoms with Gasteiger partial charge >= 0.3 is 6.03 Å². The lowest BCUT2D eigenvalue weighted by Crippen LogP contribution is -2.42. The van der Waals surface area contributed by atoms with Crippen molar-refractivity contribution in [2.24, 2.45) is 5.73 Å². The van der Waals surface area contributed by atoms with Gasteiger partial charge < -0.3 is 15.8 Å². The summed E-state index contributed by atoms with van der Waals surface area (Å²) >= 11 is 7.30. The molecule has 9 heteroatoms. The number of anilines is 2. The number of ether oxygens (including phenoxy) is 1. The van der Waals surface area contributed by atoms with Crippen molar-refractivity contribution in [1.29, 1.82) is 0 Å². The summed E-state index contributed by atoms with van der Waals surface area (Å²) in [6.07, 6.45) is 2.80. The van der Waals surface area contributed by atoms with Crippen LogP contribution in [0, 0.1) is 0 Å². The number of benzene rings is 1. The van der Waals surface area contributed by atoms with Crippen LogP contribution in [0.25, 0.3) is 0 Å². The fourth-order valence-corrected chi connectivity index (χ4v) is 5.33. The lowest BCUT2D eigenvalue weighted by Gasteiger charge is -2.36. The van der Waals surface area contributed by atoms with E-state index in [1.807, 2.05) is 0 Å². The molecule has 4 rings (SSSR count). The van der Waals surface area contributed by atoms with Crippen LogP contribution >= 0.6 is 22.9 Å². The number of carbonyl (C=O) groups excluding carboxylic acids is 2. The van der Waals surface area contributed by atoms with Crippen LogP contribution in [0.2, 0.25) is 5.02 Å². The molecule has 3 heterocycles. The molecule has 0 aliphatic carbocycles. The van der Waals surface area contributed by atoms with Gasteiger partial charge in [0.15, 0.2) is 0 Å². The smallest absolute Gasteiger partial charge is 0.324 e. The molecule has 0 bridgehead atoms. The van der Waals surface area contributed by atoms with Crippen LogP contribution in [0.1, 0.15) is 33.6 Å². The molecule has 2 aromatic rings. The number of fused-ring (bicyclic) bond motifs is 1. The highest BCUT2D eigenvalue weighted by atomic mass is 35.5. The first kappa shape index (κ1) is 20.2. The Kier molecular flexibility index (Phi) is 6.05. The van der Waals surface area contributed by atoms with Crippen molar-refractivity contribution in [2.45, 2.75) is 31.8 Å². The minimum Gasteiger partial charge on any atom is -0.381 e. The third-order valence-electron chi connectivity index (χ3n) is 5.37. The zero-order valence-electron chi connectivity index (χ0n) is 15.9. The fraction of sp³-hybridized carbons (Fsp3) is 0.400. The molecule has 1 fully saturated rings. The predicted molar refractivity (Wildman–Crippen MR) is 115 cm³/mol. The van der Waals surface area contributed by atoms with E-state index in [9.17, 15) is 9.59 Å². The standard InChI is InChI=1S/C20H23ClN4O3S/c21-12-1-3-13(4-2-12)23-20(27)24-19-17(18(22)26)15-5-8-25(11-16(15)29-19)14-6-9-28-10-7-14/h1-4,14H,5-11H2,(H2,22,26)(H2,23,24,27). The molecule has 0 atom stereocenters. The molecule has 154 valence electrons. The van der Waals surface area contributed by atoms with Crippen molar-refractivity contribution in [3.63, 3.8) is 0 Å². The first-order valence-corrected chi connectivity index (χ1v) is 10.8. The van der Waals surface area contributed by atoms with Crippen molar-refractivity contribution in [3.8, 4) is 0 Å². The molecule has 4 N–H and O–H groups in total. The van der Waals surface area contributed by atoms with Gasteiger partial charge in [-0.3, -0.25) is 15.0 Å². The van der Waals surface area contributed by atoms with Crippen LogP contribution in [0.3, 0.4) is 0 Å². The normalized spacial score (nSPS) is 17.6. The Morgan fingerprint density at radius 3 is 2.59 bits per heavy atom. The van der Waals surface area contributed by atoms with Gasteiger partial charge in [0.05, 0.1) is 5.56 Å². The van der Waals surface area contributed by atoms with Gasteiger partial charge in [-0.1, -0.05) is 11.6 Å². The van der Waals surface area contributed by atoms with Crippen LogP contribution in [-0.2, 0) is 17.7 Å². The average Bonchev–Trinajstić information content (AvgIpc) is 3.07. The van der Waals surface area contributed by atoms with Gasteiger partial charge in [0.1, 0.15) is 5.00 Å². The molecule has 29 heavy (non-hydrogen) atoms. The number of rotatable bonds is 4. The predicted octanol–water partition coefficient (Wildman–Crippen LogP) is 3.68. The van der Waals surface area contributed by atoms with Crippen molar-refractivity contribution >= 4 is 45.6 Å². The summed E-state index contributed by atoms with van der Waals surface area (Å²) in [6, 6.07) is 6.89. The second kappa shape index (κ2) is 8.71. The number of urea groups is 1. The van der Waals surface area contributed by atoms with E-state index in [1.165, 1.54) is 11.3 Å². The van der Waals surface area contributed by atoms with Gasteiger partial charge in [-0.2, -0.15) is 0 Å². The number of hydrogen-bond donors (Lipinski definition) is 3. The number of nitrogens with zero attached hydrogens (tertiary/aromatic N) is 1. The Bertz CT molecular complexity index is 909. The van der Waals surface area contributed by atoms with Crippen LogP contribution in [0.4, 0.5) is 15.5 Å². The van der Waals surface area contributed by atoms with E-state index in [-0.39, 0.29) is 0 Å².